The van der Waals surface area contributed by atoms with Gasteiger partial charge in [0.25, 0.3) is 0 Å². The van der Waals surface area contributed by atoms with Crippen molar-refractivity contribution >= 4 is 27.5 Å². The maximum atomic E-state index is 12.8. The summed E-state index contributed by atoms with van der Waals surface area (Å²) >= 11 is 6.05. The molecule has 0 atom stereocenters. The first kappa shape index (κ1) is 18.5. The summed E-state index contributed by atoms with van der Waals surface area (Å²) in [6.45, 7) is 1.51. The Morgan fingerprint density at radius 2 is 1.80 bits per heavy atom. The molecule has 6 nitrogen and oxygen atoms in total. The third-order valence-electron chi connectivity index (χ3n) is 5.02. The first-order chi connectivity index (χ1) is 11.9. The number of carbonyl (C=O) groups is 1. The van der Waals surface area contributed by atoms with Crippen molar-refractivity contribution < 1.29 is 17.9 Å². The Bertz CT molecular complexity index is 739. The highest BCUT2D eigenvalue weighted by Gasteiger charge is 2.33. The van der Waals surface area contributed by atoms with Crippen LogP contribution in [-0.4, -0.2) is 56.8 Å². The van der Waals surface area contributed by atoms with Gasteiger partial charge in [-0.3, -0.25) is 4.79 Å². The number of piperazine rings is 1. The second kappa shape index (κ2) is 7.51. The van der Waals surface area contributed by atoms with Gasteiger partial charge in [-0.05, 0) is 31.0 Å². The Labute approximate surface area is 153 Å². The summed E-state index contributed by atoms with van der Waals surface area (Å²) in [4.78, 5) is 14.4. The number of hydrogen-bond donors (Lipinski definition) is 0. The summed E-state index contributed by atoms with van der Waals surface area (Å²) in [5, 5.41) is 0.263. The molecule has 2 fully saturated rings. The molecule has 0 spiro atoms. The van der Waals surface area contributed by atoms with Crippen LogP contribution in [0.3, 0.4) is 0 Å². The Kier molecular flexibility index (Phi) is 5.55. The van der Waals surface area contributed by atoms with E-state index in [0.29, 0.717) is 31.9 Å². The zero-order valence-corrected chi connectivity index (χ0v) is 15.9. The minimum atomic E-state index is -3.62. The van der Waals surface area contributed by atoms with Gasteiger partial charge < -0.3 is 9.64 Å². The second-order valence-electron chi connectivity index (χ2n) is 6.51. The molecular formula is C17H23ClN2O4S. The topological polar surface area (TPSA) is 66.9 Å². The number of hydrogen-bond acceptors (Lipinski definition) is 4. The van der Waals surface area contributed by atoms with E-state index in [1.54, 1.807) is 6.07 Å². The van der Waals surface area contributed by atoms with Crippen LogP contribution in [0, 0.1) is 5.92 Å². The van der Waals surface area contributed by atoms with E-state index in [0.717, 1.165) is 25.7 Å². The van der Waals surface area contributed by atoms with Crippen LogP contribution in [0.1, 0.15) is 25.7 Å². The van der Waals surface area contributed by atoms with Crippen molar-refractivity contribution in [3.8, 4) is 5.75 Å². The average molecular weight is 387 g/mol. The van der Waals surface area contributed by atoms with E-state index in [4.69, 9.17) is 16.3 Å². The lowest BCUT2D eigenvalue weighted by atomic mass is 10.1. The largest absolute Gasteiger partial charge is 0.495 e. The molecule has 3 rings (SSSR count). The van der Waals surface area contributed by atoms with Crippen LogP contribution in [0.4, 0.5) is 0 Å². The SMILES string of the molecule is COc1ccc(S(=O)(=O)N2CCN(C(=O)C3CCCC3)CC2)cc1Cl. The van der Waals surface area contributed by atoms with Crippen molar-refractivity contribution in [2.45, 2.75) is 30.6 Å². The van der Waals surface area contributed by atoms with E-state index >= 15 is 0 Å². The zero-order valence-electron chi connectivity index (χ0n) is 14.3. The lowest BCUT2D eigenvalue weighted by Crippen LogP contribution is -2.51. The van der Waals surface area contributed by atoms with Crippen molar-refractivity contribution in [2.24, 2.45) is 5.92 Å². The monoisotopic (exact) mass is 386 g/mol. The fourth-order valence-corrected chi connectivity index (χ4v) is 5.31. The lowest BCUT2D eigenvalue weighted by molar-refractivity contribution is -0.136. The van der Waals surface area contributed by atoms with Crippen LogP contribution in [0.25, 0.3) is 0 Å². The molecule has 1 aromatic carbocycles. The van der Waals surface area contributed by atoms with Crippen LogP contribution in [-0.2, 0) is 14.8 Å². The first-order valence-electron chi connectivity index (χ1n) is 8.56. The number of ether oxygens (including phenoxy) is 1. The highest BCUT2D eigenvalue weighted by molar-refractivity contribution is 7.89. The second-order valence-corrected chi connectivity index (χ2v) is 8.85. The van der Waals surface area contributed by atoms with Crippen LogP contribution < -0.4 is 4.74 Å². The van der Waals surface area contributed by atoms with E-state index in [9.17, 15) is 13.2 Å². The number of carbonyl (C=O) groups excluding carboxylic acids is 1. The molecule has 1 aromatic rings. The van der Waals surface area contributed by atoms with E-state index in [1.165, 1.54) is 23.5 Å². The van der Waals surface area contributed by atoms with Crippen molar-refractivity contribution in [2.75, 3.05) is 33.3 Å². The molecule has 8 heteroatoms. The molecule has 2 aliphatic rings. The van der Waals surface area contributed by atoms with Crippen molar-refractivity contribution in [1.29, 1.82) is 0 Å². The summed E-state index contributed by atoms with van der Waals surface area (Å²) in [5.74, 6) is 0.748. The van der Waals surface area contributed by atoms with Crippen LogP contribution >= 0.6 is 11.6 Å². The van der Waals surface area contributed by atoms with Gasteiger partial charge in [0.15, 0.2) is 0 Å². The summed E-state index contributed by atoms with van der Waals surface area (Å²) < 4.78 is 32.1. The third kappa shape index (κ3) is 3.78. The normalized spacial score (nSPS) is 20.0. The molecule has 1 saturated carbocycles. The molecule has 1 aliphatic heterocycles. The molecule has 1 amide bonds. The fourth-order valence-electron chi connectivity index (χ4n) is 3.54. The van der Waals surface area contributed by atoms with E-state index in [1.807, 2.05) is 4.90 Å². The molecule has 0 N–H and O–H groups in total. The van der Waals surface area contributed by atoms with Crippen molar-refractivity contribution in [1.82, 2.24) is 9.21 Å². The molecule has 0 radical (unpaired) electrons. The number of sulfonamides is 1. The zero-order chi connectivity index (χ0) is 18.0. The maximum Gasteiger partial charge on any atom is 0.243 e. The molecule has 1 aliphatic carbocycles. The van der Waals surface area contributed by atoms with Gasteiger partial charge in [0, 0.05) is 32.1 Å². The molecular weight excluding hydrogens is 364 g/mol. The number of nitrogens with zero attached hydrogens (tertiary/aromatic N) is 2. The Morgan fingerprint density at radius 1 is 1.16 bits per heavy atom. The van der Waals surface area contributed by atoms with Gasteiger partial charge in [-0.1, -0.05) is 24.4 Å². The van der Waals surface area contributed by atoms with E-state index in [2.05, 4.69) is 0 Å². The Hall–Kier alpha value is -1.31. The predicted molar refractivity (Wildman–Crippen MR) is 95.3 cm³/mol. The smallest absolute Gasteiger partial charge is 0.243 e. The standard InChI is InChI=1S/C17H23ClN2O4S/c1-24-16-7-6-14(12-15(16)18)25(22,23)20-10-8-19(9-11-20)17(21)13-4-2-3-5-13/h6-7,12-13H,2-5,8-11H2,1H3. The average Bonchev–Trinajstić information content (AvgIpc) is 3.15. The third-order valence-corrected chi connectivity index (χ3v) is 7.21. The molecule has 1 saturated heterocycles. The summed E-state index contributed by atoms with van der Waals surface area (Å²) in [6, 6.07) is 4.46. The number of benzene rings is 1. The maximum absolute atomic E-state index is 12.8. The van der Waals surface area contributed by atoms with E-state index < -0.39 is 10.0 Å². The predicted octanol–water partition coefficient (Wildman–Crippen LogP) is 2.37. The van der Waals surface area contributed by atoms with Crippen molar-refractivity contribution in [3.63, 3.8) is 0 Å². The number of halogens is 1. The lowest BCUT2D eigenvalue weighted by Gasteiger charge is -2.35. The Balaban J connectivity index is 1.67. The molecule has 1 heterocycles. The van der Waals surface area contributed by atoms with Crippen LogP contribution in [0.5, 0.6) is 5.75 Å². The van der Waals surface area contributed by atoms with Crippen LogP contribution in [0.15, 0.2) is 23.1 Å². The van der Waals surface area contributed by atoms with Crippen molar-refractivity contribution in [3.05, 3.63) is 23.2 Å². The fraction of sp³-hybridized carbons (Fsp3) is 0.588. The van der Waals surface area contributed by atoms with Gasteiger partial charge in [-0.15, -0.1) is 0 Å². The quantitative estimate of drug-likeness (QED) is 0.796. The van der Waals surface area contributed by atoms with Gasteiger partial charge in [0.05, 0.1) is 17.0 Å². The molecule has 25 heavy (non-hydrogen) atoms. The highest BCUT2D eigenvalue weighted by Crippen LogP contribution is 2.30. The molecule has 0 aromatic heterocycles. The van der Waals surface area contributed by atoms with Gasteiger partial charge >= 0.3 is 0 Å². The number of rotatable bonds is 4. The highest BCUT2D eigenvalue weighted by atomic mass is 35.5. The molecule has 0 unspecified atom stereocenters. The van der Waals surface area contributed by atoms with Gasteiger partial charge in [-0.25, -0.2) is 8.42 Å². The Morgan fingerprint density at radius 3 is 2.36 bits per heavy atom. The molecule has 138 valence electrons. The minimum Gasteiger partial charge on any atom is -0.495 e. The summed E-state index contributed by atoms with van der Waals surface area (Å²) in [5.41, 5.74) is 0. The number of methoxy groups -OCH3 is 1. The van der Waals surface area contributed by atoms with Gasteiger partial charge in [0.1, 0.15) is 5.75 Å². The van der Waals surface area contributed by atoms with E-state index in [-0.39, 0.29) is 21.7 Å². The number of amides is 1. The minimum absolute atomic E-state index is 0.128. The summed E-state index contributed by atoms with van der Waals surface area (Å²) in [7, 11) is -2.14. The van der Waals surface area contributed by atoms with Gasteiger partial charge in [-0.2, -0.15) is 4.31 Å². The van der Waals surface area contributed by atoms with Gasteiger partial charge in [0.2, 0.25) is 15.9 Å². The first-order valence-corrected chi connectivity index (χ1v) is 10.4. The summed E-state index contributed by atoms with van der Waals surface area (Å²) in [6.07, 6.45) is 4.15. The van der Waals surface area contributed by atoms with Crippen LogP contribution in [0.2, 0.25) is 5.02 Å². The molecule has 0 bridgehead atoms.